The monoisotopic (exact) mass is 594 g/mol. The van der Waals surface area contributed by atoms with Gasteiger partial charge in [0.05, 0.1) is 28.3 Å². The molecule has 0 saturated heterocycles. The number of nitriles is 1. The number of benzene rings is 2. The first kappa shape index (κ1) is 25.7. The number of halogens is 2. The van der Waals surface area contributed by atoms with E-state index in [0.29, 0.717) is 35.3 Å². The van der Waals surface area contributed by atoms with Crippen LogP contribution in [0.2, 0.25) is 5.02 Å². The molecule has 1 unspecified atom stereocenters. The van der Waals surface area contributed by atoms with Crippen molar-refractivity contribution in [1.29, 1.82) is 5.26 Å². The van der Waals surface area contributed by atoms with Crippen molar-refractivity contribution in [2.75, 3.05) is 13.2 Å². The van der Waals surface area contributed by atoms with E-state index in [4.69, 9.17) is 36.3 Å². The van der Waals surface area contributed by atoms with Gasteiger partial charge in [0.2, 0.25) is 5.88 Å². The molecule has 2 aromatic carbocycles. The molecule has 0 spiro atoms. The number of hydrogen-bond acceptors (Lipinski definition) is 7. The second-order valence-electron chi connectivity index (χ2n) is 7.29. The van der Waals surface area contributed by atoms with E-state index in [1.54, 1.807) is 32.0 Å². The van der Waals surface area contributed by atoms with Gasteiger partial charge in [-0.1, -0.05) is 23.7 Å². The van der Waals surface area contributed by atoms with Gasteiger partial charge in [0, 0.05) is 5.02 Å². The van der Waals surface area contributed by atoms with E-state index in [0.717, 1.165) is 9.13 Å². The minimum absolute atomic E-state index is 0.0471. The number of rotatable bonds is 8. The molecule has 3 rings (SSSR count). The van der Waals surface area contributed by atoms with Gasteiger partial charge in [0.25, 0.3) is 0 Å². The molecular formula is C25H24ClIN2O5. The van der Waals surface area contributed by atoms with Crippen molar-refractivity contribution in [1.82, 2.24) is 0 Å². The van der Waals surface area contributed by atoms with Crippen molar-refractivity contribution in [2.45, 2.75) is 33.3 Å². The molecule has 0 aromatic heterocycles. The molecule has 0 fully saturated rings. The van der Waals surface area contributed by atoms with Gasteiger partial charge in [-0.2, -0.15) is 5.26 Å². The maximum absolute atomic E-state index is 12.8. The molecule has 1 atom stereocenters. The highest BCUT2D eigenvalue weighted by Crippen LogP contribution is 2.44. The fraction of sp³-hybridized carbons (Fsp3) is 0.280. The molecule has 0 aliphatic carbocycles. The first-order valence-electron chi connectivity index (χ1n) is 10.6. The van der Waals surface area contributed by atoms with E-state index in [1.807, 2.05) is 25.1 Å². The Balaban J connectivity index is 2.06. The zero-order valence-corrected chi connectivity index (χ0v) is 21.9. The van der Waals surface area contributed by atoms with E-state index in [-0.39, 0.29) is 29.4 Å². The summed E-state index contributed by atoms with van der Waals surface area (Å²) in [5, 5.41) is 10.5. The van der Waals surface area contributed by atoms with Crippen LogP contribution < -0.4 is 15.2 Å². The summed E-state index contributed by atoms with van der Waals surface area (Å²) in [6.07, 6.45) is 0. The molecule has 2 N–H and O–H groups in total. The average Bonchev–Trinajstić information content (AvgIpc) is 2.79. The highest BCUT2D eigenvalue weighted by Gasteiger charge is 2.37. The lowest BCUT2D eigenvalue weighted by Crippen LogP contribution is -2.25. The maximum atomic E-state index is 12.8. The van der Waals surface area contributed by atoms with Crippen molar-refractivity contribution in [3.63, 3.8) is 0 Å². The molecule has 0 amide bonds. The Morgan fingerprint density at radius 3 is 2.53 bits per heavy atom. The van der Waals surface area contributed by atoms with Crippen LogP contribution in [0.1, 0.15) is 37.8 Å². The lowest BCUT2D eigenvalue weighted by Gasteiger charge is -2.27. The first-order valence-corrected chi connectivity index (χ1v) is 12.0. The third-order valence-corrected chi connectivity index (χ3v) is 6.12. The van der Waals surface area contributed by atoms with Crippen LogP contribution in [0.15, 0.2) is 59.2 Å². The summed E-state index contributed by atoms with van der Waals surface area (Å²) in [5.74, 6) is -0.0502. The van der Waals surface area contributed by atoms with Crippen LogP contribution in [0.3, 0.4) is 0 Å². The van der Waals surface area contributed by atoms with Gasteiger partial charge in [-0.3, -0.25) is 0 Å². The Morgan fingerprint density at radius 2 is 1.91 bits per heavy atom. The van der Waals surface area contributed by atoms with Crippen LogP contribution in [0.4, 0.5) is 0 Å². The first-order chi connectivity index (χ1) is 16.3. The molecule has 178 valence electrons. The summed E-state index contributed by atoms with van der Waals surface area (Å²) in [5.41, 5.74) is 7.94. The molecule has 1 heterocycles. The number of nitrogens with two attached hydrogens (primary N) is 1. The highest BCUT2D eigenvalue weighted by molar-refractivity contribution is 14.1. The summed E-state index contributed by atoms with van der Waals surface area (Å²) in [6.45, 7) is 6.09. The fourth-order valence-corrected chi connectivity index (χ4v) is 4.49. The molecule has 1 aliphatic rings. The fourth-order valence-electron chi connectivity index (χ4n) is 3.58. The third kappa shape index (κ3) is 5.59. The molecule has 9 heteroatoms. The van der Waals surface area contributed by atoms with Crippen LogP contribution in [-0.2, 0) is 20.9 Å². The number of hydrogen-bond donors (Lipinski definition) is 1. The lowest BCUT2D eigenvalue weighted by molar-refractivity contribution is -0.139. The summed E-state index contributed by atoms with van der Waals surface area (Å²) in [6, 6.07) is 13.1. The van der Waals surface area contributed by atoms with Crippen LogP contribution in [0.5, 0.6) is 11.5 Å². The molecule has 2 aromatic rings. The van der Waals surface area contributed by atoms with Crippen LogP contribution in [0.25, 0.3) is 0 Å². The Morgan fingerprint density at radius 1 is 1.21 bits per heavy atom. The SMILES string of the molecule is CCOC(=O)C1=C(C)OC(N)=C(C#N)C1c1cc(I)c(OCc2ccc(Cl)cc2)c(OCC)c1. The quantitative estimate of drug-likeness (QED) is 0.315. The maximum Gasteiger partial charge on any atom is 0.338 e. The zero-order chi connectivity index (χ0) is 24.8. The minimum Gasteiger partial charge on any atom is -0.490 e. The standard InChI is InChI=1S/C25H24ClIN2O5/c1-4-31-20-11-16(10-19(27)23(20)33-13-15-6-8-17(26)9-7-15)22-18(12-28)24(29)34-14(3)21(22)25(30)32-5-2/h6-11,22H,4-5,13,29H2,1-3H3. The molecule has 0 saturated carbocycles. The smallest absolute Gasteiger partial charge is 0.338 e. The largest absolute Gasteiger partial charge is 0.490 e. The van der Waals surface area contributed by atoms with E-state index < -0.39 is 11.9 Å². The molecule has 0 bridgehead atoms. The van der Waals surface area contributed by atoms with Gasteiger partial charge in [0.15, 0.2) is 11.5 Å². The molecular weight excluding hydrogens is 571 g/mol. The van der Waals surface area contributed by atoms with E-state index in [1.165, 1.54) is 0 Å². The summed E-state index contributed by atoms with van der Waals surface area (Å²) < 4.78 is 23.5. The van der Waals surface area contributed by atoms with Crippen LogP contribution in [0, 0.1) is 14.9 Å². The van der Waals surface area contributed by atoms with Gasteiger partial charge >= 0.3 is 5.97 Å². The van der Waals surface area contributed by atoms with Gasteiger partial charge in [0.1, 0.15) is 24.0 Å². The van der Waals surface area contributed by atoms with Gasteiger partial charge in [-0.25, -0.2) is 4.79 Å². The van der Waals surface area contributed by atoms with Crippen molar-refractivity contribution in [3.8, 4) is 17.6 Å². The van der Waals surface area contributed by atoms with Crippen LogP contribution >= 0.6 is 34.2 Å². The molecule has 34 heavy (non-hydrogen) atoms. The van der Waals surface area contributed by atoms with E-state index in [9.17, 15) is 10.1 Å². The number of allylic oxidation sites excluding steroid dienone is 2. The second-order valence-corrected chi connectivity index (χ2v) is 8.89. The average molecular weight is 595 g/mol. The van der Waals surface area contributed by atoms with Gasteiger partial charge in [-0.05, 0) is 78.8 Å². The Labute approximate surface area is 217 Å². The zero-order valence-electron chi connectivity index (χ0n) is 19.0. The topological polar surface area (TPSA) is 104 Å². The summed E-state index contributed by atoms with van der Waals surface area (Å²) in [4.78, 5) is 12.8. The molecule has 0 radical (unpaired) electrons. The molecule has 1 aliphatic heterocycles. The number of carbonyl (C=O) groups excluding carboxylic acids is 1. The van der Waals surface area contributed by atoms with Gasteiger partial charge < -0.3 is 24.7 Å². The normalized spacial score (nSPS) is 15.5. The summed E-state index contributed by atoms with van der Waals surface area (Å²) in [7, 11) is 0. The Bertz CT molecular complexity index is 1190. The number of ether oxygens (including phenoxy) is 4. The predicted octanol–water partition coefficient (Wildman–Crippen LogP) is 5.57. The number of carbonyl (C=O) groups is 1. The van der Waals surface area contributed by atoms with Crippen molar-refractivity contribution >= 4 is 40.2 Å². The van der Waals surface area contributed by atoms with E-state index >= 15 is 0 Å². The number of nitrogens with zero attached hydrogens (tertiary/aromatic N) is 1. The Hall–Kier alpha value is -2.90. The van der Waals surface area contributed by atoms with Crippen molar-refractivity contribution in [2.24, 2.45) is 5.73 Å². The third-order valence-electron chi connectivity index (χ3n) is 5.06. The van der Waals surface area contributed by atoms with Crippen molar-refractivity contribution in [3.05, 3.63) is 78.9 Å². The Kier molecular flexibility index (Phi) is 8.69. The van der Waals surface area contributed by atoms with Crippen molar-refractivity contribution < 1.29 is 23.7 Å². The predicted molar refractivity (Wildman–Crippen MR) is 136 cm³/mol. The molecule has 7 nitrogen and oxygen atoms in total. The number of esters is 1. The van der Waals surface area contributed by atoms with Crippen LogP contribution in [-0.4, -0.2) is 19.2 Å². The van der Waals surface area contributed by atoms with Gasteiger partial charge in [-0.15, -0.1) is 0 Å². The lowest BCUT2D eigenvalue weighted by atomic mass is 9.83. The second kappa shape index (κ2) is 11.5. The highest BCUT2D eigenvalue weighted by atomic mass is 127. The van der Waals surface area contributed by atoms with E-state index in [2.05, 4.69) is 28.7 Å². The minimum atomic E-state index is -0.768. The summed E-state index contributed by atoms with van der Waals surface area (Å²) >= 11 is 8.11.